The van der Waals surface area contributed by atoms with Crippen molar-refractivity contribution in [3.8, 4) is 23.0 Å². The van der Waals surface area contributed by atoms with Crippen molar-refractivity contribution < 1.29 is 227 Å². The zero-order valence-corrected chi connectivity index (χ0v) is 61.5. The van der Waals surface area contributed by atoms with Crippen molar-refractivity contribution in [1.82, 2.24) is 78.4 Å². The van der Waals surface area contributed by atoms with Gasteiger partial charge in [-0.1, -0.05) is 0 Å². The Hall–Kier alpha value is -4.56. The molecule has 0 radical (unpaired) electrons. The molecule has 2 aromatic rings. The molecule has 0 N–H and O–H groups in total. The maximum absolute atomic E-state index is 15.3. The first kappa shape index (κ1) is 70.7. The molecule has 0 unspecified atom stereocenters. The minimum atomic E-state index is -4.77. The van der Waals surface area contributed by atoms with Gasteiger partial charge in [0.05, 0.1) is 89.7 Å². The fourth-order valence-corrected chi connectivity index (χ4v) is 15.8. The van der Waals surface area contributed by atoms with E-state index in [0.717, 1.165) is 0 Å². The molecule has 0 spiro atoms. The van der Waals surface area contributed by atoms with Crippen LogP contribution in [-0.2, 0) is 66.7 Å². The number of fused-ring (bicyclic) bond motifs is 2. The first-order valence-electron chi connectivity index (χ1n) is 27.6. The summed E-state index contributed by atoms with van der Waals surface area (Å²) in [4.78, 5) is 141. The molecule has 484 valence electrons. The number of benzene rings is 2. The van der Waals surface area contributed by atoms with Crippen LogP contribution in [0, 0.1) is 0 Å². The number of ether oxygens (including phenoxy) is 4. The van der Waals surface area contributed by atoms with Gasteiger partial charge in [-0.2, -0.15) is 0 Å². The Bertz CT molecular complexity index is 3620. The first-order chi connectivity index (χ1) is 42.5. The third-order valence-corrected chi connectivity index (χ3v) is 21.0. The molecule has 15 rings (SSSR count). The Balaban J connectivity index is 0.00000225. The third kappa shape index (κ3) is 11.2. The van der Waals surface area contributed by atoms with E-state index >= 15 is 38.4 Å². The molecule has 11 saturated heterocycles. The van der Waals surface area contributed by atoms with Gasteiger partial charge < -0.3 is 37.2 Å². The Labute approximate surface area is 622 Å². The summed E-state index contributed by atoms with van der Waals surface area (Å²) < 4.78 is 162. The van der Waals surface area contributed by atoms with Gasteiger partial charge in [-0.15, -0.1) is 0 Å². The standard InChI is InChI=1S/C46H52N16O24S4.4Na/c63-39-47-13-23-24(28(84-6-10-88(74,75)76)2-1-27(23)83-5-9-87(71,72)73)14-48-31(47)33-51(39)17-55-35-37-59(43(55)67)21-61-38-36-57(45(61)69)19-53-34-32-49(41(53)65)15-25-26(30(86-8-12-90(80,81)82)4-3-29(25)85-7-11-89(77,78)79)16-50(32)42(66)54(34)20-58(36)46(70)62(38)22-60(37)44(68)56(35)18-52(33)40(48)64;;;;/h1-4,31-38H,5-22H2,(H,71,72,73)(H,74,75,76)(H,77,78,79)(H,80,81,82);;;;/q;4*+1/p-4. The number of rotatable bonds is 16. The summed E-state index contributed by atoms with van der Waals surface area (Å²) in [5, 5.41) is 0. The predicted molar refractivity (Wildman–Crippen MR) is 280 cm³/mol. The zero-order chi connectivity index (χ0) is 63.5. The fraction of sp³-hybridized carbons (Fsp3) is 0.565. The van der Waals surface area contributed by atoms with Gasteiger partial charge in [-0.25, -0.2) is 72.0 Å². The Morgan fingerprint density at radius 3 is 0.564 bits per heavy atom. The number of amides is 16. The van der Waals surface area contributed by atoms with E-state index in [-0.39, 0.29) is 190 Å². The van der Waals surface area contributed by atoms with Crippen LogP contribution >= 0.6 is 0 Å². The molecule has 13 aliphatic rings. The molecule has 0 aliphatic carbocycles. The van der Waals surface area contributed by atoms with E-state index in [0.29, 0.717) is 0 Å². The second-order valence-corrected chi connectivity index (χ2v) is 29.1. The van der Waals surface area contributed by atoms with Crippen LogP contribution in [0.1, 0.15) is 22.3 Å². The second-order valence-electron chi connectivity index (χ2n) is 23.0. The van der Waals surface area contributed by atoms with E-state index in [9.17, 15) is 51.9 Å². The van der Waals surface area contributed by atoms with Gasteiger partial charge in [-0.3, -0.25) is 78.4 Å². The minimum absolute atomic E-state index is 0. The molecule has 2 aromatic carbocycles. The van der Waals surface area contributed by atoms with E-state index in [1.165, 1.54) is 103 Å². The molecule has 13 aliphatic heterocycles. The van der Waals surface area contributed by atoms with Crippen molar-refractivity contribution in [3.63, 3.8) is 0 Å². The maximum atomic E-state index is 15.3. The average molecular weight is 1430 g/mol. The topological polar surface area (TPSA) is 454 Å². The van der Waals surface area contributed by atoms with Crippen molar-refractivity contribution in [3.05, 3.63) is 46.5 Å². The molecule has 48 heteroatoms. The van der Waals surface area contributed by atoms with Gasteiger partial charge in [0.1, 0.15) is 89.4 Å². The maximum Gasteiger partial charge on any atom is 1.00 e. The van der Waals surface area contributed by atoms with Gasteiger partial charge in [0.2, 0.25) is 0 Å². The molecule has 40 nitrogen and oxygen atoms in total. The van der Waals surface area contributed by atoms with Crippen molar-refractivity contribution in [2.75, 3.05) is 89.5 Å². The smallest absolute Gasteiger partial charge is 0.748 e. The Morgan fingerprint density at radius 1 is 0.277 bits per heavy atom. The number of hydrogen-bond donors (Lipinski definition) is 0. The van der Waals surface area contributed by atoms with Crippen LogP contribution in [0.25, 0.3) is 0 Å². The molecule has 13 heterocycles. The predicted octanol–water partition coefficient (Wildman–Crippen LogP) is -16.6. The number of hydrogen-bond acceptors (Lipinski definition) is 24. The fourth-order valence-electron chi connectivity index (χ4n) is 14.6. The molecule has 16 amide bonds. The quantitative estimate of drug-likeness (QED) is 0.111. The number of nitrogens with zero attached hydrogens (tertiary/aromatic N) is 16. The van der Waals surface area contributed by atoms with Crippen LogP contribution in [0.5, 0.6) is 23.0 Å². The Kier molecular flexibility index (Phi) is 18.6. The summed E-state index contributed by atoms with van der Waals surface area (Å²) in [6, 6.07) is -0.865. The van der Waals surface area contributed by atoms with Crippen LogP contribution in [0.3, 0.4) is 0 Å². The monoisotopic (exact) mass is 1430 g/mol. The number of carbonyl (C=O) groups excluding carboxylic acids is 8. The van der Waals surface area contributed by atoms with Crippen molar-refractivity contribution in [2.24, 2.45) is 0 Å². The van der Waals surface area contributed by atoms with E-state index < -0.39 is 227 Å². The normalized spacial score (nSPS) is 26.7. The van der Waals surface area contributed by atoms with Gasteiger partial charge in [0, 0.05) is 22.3 Å². The molecule has 94 heavy (non-hydrogen) atoms. The third-order valence-electron chi connectivity index (χ3n) is 18.3. The van der Waals surface area contributed by atoms with Gasteiger partial charge in [0.15, 0.2) is 49.3 Å². The molecule has 0 atom stereocenters. The molecular formula is C46H48N16Na4O24S4. The van der Waals surface area contributed by atoms with Gasteiger partial charge >= 0.3 is 166 Å². The van der Waals surface area contributed by atoms with E-state index in [1.54, 1.807) is 0 Å². The largest absolute Gasteiger partial charge is 1.00 e. The van der Waals surface area contributed by atoms with Crippen LogP contribution in [0.4, 0.5) is 38.4 Å². The zero-order valence-electron chi connectivity index (χ0n) is 50.2. The van der Waals surface area contributed by atoms with E-state index in [1.807, 2.05) is 0 Å². The van der Waals surface area contributed by atoms with Crippen LogP contribution in [0.2, 0.25) is 0 Å². The molecule has 11 fully saturated rings. The summed E-state index contributed by atoms with van der Waals surface area (Å²) >= 11 is 0. The minimum Gasteiger partial charge on any atom is -0.748 e. The molecule has 0 bridgehead atoms. The van der Waals surface area contributed by atoms with Crippen molar-refractivity contribution >= 4 is 88.7 Å². The van der Waals surface area contributed by atoms with Crippen molar-refractivity contribution in [1.29, 1.82) is 0 Å². The van der Waals surface area contributed by atoms with Crippen LogP contribution in [-0.4, -0.2) is 317 Å². The summed E-state index contributed by atoms with van der Waals surface area (Å²) in [5.74, 6) is -3.96. The van der Waals surface area contributed by atoms with Crippen LogP contribution in [0.15, 0.2) is 24.3 Å². The summed E-state index contributed by atoms with van der Waals surface area (Å²) in [7, 11) is -19.1. The second kappa shape index (κ2) is 24.7. The van der Waals surface area contributed by atoms with E-state index in [2.05, 4.69) is 0 Å². The van der Waals surface area contributed by atoms with E-state index in [4.69, 9.17) is 18.9 Å². The molecule has 0 saturated carbocycles. The van der Waals surface area contributed by atoms with Crippen molar-refractivity contribution in [2.45, 2.75) is 75.5 Å². The van der Waals surface area contributed by atoms with Gasteiger partial charge in [-0.05, 0) is 24.3 Å². The summed E-state index contributed by atoms with van der Waals surface area (Å²) in [6.45, 7) is -7.51. The number of carbonyl (C=O) groups is 8. The molecular weight excluding hydrogens is 1380 g/mol. The summed E-state index contributed by atoms with van der Waals surface area (Å²) in [5.41, 5.74) is 0.639. The summed E-state index contributed by atoms with van der Waals surface area (Å²) in [6.07, 6.45) is -10.0. The van der Waals surface area contributed by atoms with Gasteiger partial charge in [0.25, 0.3) is 0 Å². The first-order valence-corrected chi connectivity index (χ1v) is 33.9. The SMILES string of the molecule is O=C1N2Cc3c(OCCS(=O)(=O)[O-])ccc(OCCS(=O)(=O)[O-])c3CN3C(=O)N4CN5C(=O)N6CN7C(=O)N8CN9C(=O)N%10Cc%11c(OCCS(=O)(=O)[O-])ccc(OCCS(=O)(=O)[O-])c%11CN%11C(=O)N(CN%12C(=O)N(CN%13C(=O)N(CN1C4C23)C5C%136)C7C%128)C9C%11%10.[Na+].[Na+].[Na+].[Na+]. The Morgan fingerprint density at radius 2 is 0.415 bits per heavy atom. The number of urea groups is 8. The average Bonchev–Trinajstić information content (AvgIpc) is 1.51. The molecule has 0 aromatic heterocycles. The van der Waals surface area contributed by atoms with Crippen LogP contribution < -0.4 is 137 Å².